The summed E-state index contributed by atoms with van der Waals surface area (Å²) in [6.45, 7) is 8.41. The normalized spacial score (nSPS) is 11.4. The summed E-state index contributed by atoms with van der Waals surface area (Å²) in [5, 5.41) is 1.09. The van der Waals surface area contributed by atoms with E-state index in [1.54, 1.807) is 4.90 Å². The maximum Gasteiger partial charge on any atom is 0.242 e. The highest BCUT2D eigenvalue weighted by atomic mass is 16.5. The van der Waals surface area contributed by atoms with Crippen LogP contribution in [-0.2, 0) is 11.3 Å². The van der Waals surface area contributed by atoms with E-state index < -0.39 is 0 Å². The smallest absolute Gasteiger partial charge is 0.242 e. The molecule has 4 nitrogen and oxygen atoms in total. The molecule has 0 aliphatic heterocycles. The van der Waals surface area contributed by atoms with E-state index in [1.807, 2.05) is 69.8 Å². The molecule has 1 aromatic carbocycles. The second kappa shape index (κ2) is 6.20. The first-order chi connectivity index (χ1) is 9.88. The predicted octanol–water partition coefficient (Wildman–Crippen LogP) is 3.30. The van der Waals surface area contributed by atoms with Crippen molar-refractivity contribution in [1.82, 2.24) is 9.47 Å². The van der Waals surface area contributed by atoms with Gasteiger partial charge in [-0.1, -0.05) is 0 Å². The van der Waals surface area contributed by atoms with Crippen molar-refractivity contribution in [1.29, 1.82) is 0 Å². The first kappa shape index (κ1) is 15.4. The third kappa shape index (κ3) is 3.57. The van der Waals surface area contributed by atoms with Gasteiger partial charge in [0.15, 0.2) is 0 Å². The molecule has 0 spiro atoms. The third-order valence-corrected chi connectivity index (χ3v) is 3.59. The molecule has 0 unspecified atom stereocenters. The van der Waals surface area contributed by atoms with E-state index in [0.29, 0.717) is 6.54 Å². The number of amides is 1. The molecule has 0 atom stereocenters. The van der Waals surface area contributed by atoms with E-state index in [-0.39, 0.29) is 18.1 Å². The lowest BCUT2D eigenvalue weighted by molar-refractivity contribution is -0.131. The number of benzene rings is 1. The lowest BCUT2D eigenvalue weighted by atomic mass is 10.2. The van der Waals surface area contributed by atoms with Crippen LogP contribution in [0.2, 0.25) is 0 Å². The van der Waals surface area contributed by atoms with Crippen LogP contribution in [0.15, 0.2) is 30.5 Å². The molecule has 0 radical (unpaired) electrons. The van der Waals surface area contributed by atoms with Crippen molar-refractivity contribution >= 4 is 16.8 Å². The lowest BCUT2D eigenvalue weighted by Crippen LogP contribution is -2.35. The summed E-state index contributed by atoms with van der Waals surface area (Å²) in [5.74, 6) is 0.978. The van der Waals surface area contributed by atoms with Crippen LogP contribution >= 0.6 is 0 Å². The Morgan fingerprint density at radius 1 is 1.24 bits per heavy atom. The van der Waals surface area contributed by atoms with Crippen LogP contribution in [0.25, 0.3) is 10.9 Å². The van der Waals surface area contributed by atoms with Crippen molar-refractivity contribution in [2.75, 3.05) is 7.05 Å². The van der Waals surface area contributed by atoms with Gasteiger partial charge in [0.2, 0.25) is 5.91 Å². The van der Waals surface area contributed by atoms with Gasteiger partial charge in [-0.25, -0.2) is 0 Å². The van der Waals surface area contributed by atoms with Gasteiger partial charge < -0.3 is 14.2 Å². The first-order valence-corrected chi connectivity index (χ1v) is 7.39. The molecule has 0 saturated heterocycles. The summed E-state index contributed by atoms with van der Waals surface area (Å²) < 4.78 is 7.68. The molecule has 0 aliphatic rings. The summed E-state index contributed by atoms with van der Waals surface area (Å²) in [6.07, 6.45) is 2.11. The fraction of sp³-hybridized carbons (Fsp3) is 0.471. The largest absolute Gasteiger partial charge is 0.491 e. The topological polar surface area (TPSA) is 34.5 Å². The maximum absolute atomic E-state index is 12.2. The molecule has 4 heteroatoms. The Kier molecular flexibility index (Phi) is 4.56. The first-order valence-electron chi connectivity index (χ1n) is 7.39. The van der Waals surface area contributed by atoms with Crippen molar-refractivity contribution in [3.05, 3.63) is 30.5 Å². The molecule has 0 N–H and O–H groups in total. The molecule has 2 aromatic rings. The minimum atomic E-state index is 0.116. The van der Waals surface area contributed by atoms with Gasteiger partial charge in [-0.05, 0) is 52.0 Å². The van der Waals surface area contributed by atoms with Crippen LogP contribution in [0.5, 0.6) is 5.75 Å². The summed E-state index contributed by atoms with van der Waals surface area (Å²) in [6, 6.07) is 8.21. The number of hydrogen-bond donors (Lipinski definition) is 0. The quantitative estimate of drug-likeness (QED) is 0.846. The fourth-order valence-electron chi connectivity index (χ4n) is 2.21. The average Bonchev–Trinajstić information content (AvgIpc) is 2.79. The molecule has 1 amide bonds. The number of carbonyl (C=O) groups excluding carboxylic acids is 1. The minimum absolute atomic E-state index is 0.116. The Hall–Kier alpha value is -1.97. The standard InChI is InChI=1S/C17H24N2O2/c1-12(2)18(5)17(20)11-19-9-8-14-10-15(21-13(3)4)6-7-16(14)19/h6-10,12-13H,11H2,1-5H3. The molecule has 114 valence electrons. The van der Waals surface area contributed by atoms with Gasteiger partial charge in [0.05, 0.1) is 6.10 Å². The summed E-state index contributed by atoms with van der Waals surface area (Å²) in [7, 11) is 1.84. The zero-order chi connectivity index (χ0) is 15.6. The molecule has 0 saturated carbocycles. The van der Waals surface area contributed by atoms with Crippen molar-refractivity contribution in [3.63, 3.8) is 0 Å². The number of ether oxygens (including phenoxy) is 1. The molecule has 21 heavy (non-hydrogen) atoms. The van der Waals surface area contributed by atoms with Crippen LogP contribution in [0.1, 0.15) is 27.7 Å². The number of likely N-dealkylation sites (N-methyl/N-ethyl adjacent to an activating group) is 1. The molecule has 2 rings (SSSR count). The van der Waals surface area contributed by atoms with E-state index in [9.17, 15) is 4.79 Å². The van der Waals surface area contributed by atoms with E-state index in [2.05, 4.69) is 0 Å². The summed E-state index contributed by atoms with van der Waals surface area (Å²) >= 11 is 0. The highest BCUT2D eigenvalue weighted by Gasteiger charge is 2.13. The van der Waals surface area contributed by atoms with E-state index in [1.165, 1.54) is 0 Å². The predicted molar refractivity (Wildman–Crippen MR) is 85.6 cm³/mol. The van der Waals surface area contributed by atoms with Crippen molar-refractivity contribution in [2.24, 2.45) is 0 Å². The SMILES string of the molecule is CC(C)Oc1ccc2c(ccn2CC(=O)N(C)C(C)C)c1. The highest BCUT2D eigenvalue weighted by Crippen LogP contribution is 2.23. The molecule has 0 aliphatic carbocycles. The number of rotatable bonds is 5. The number of fused-ring (bicyclic) bond motifs is 1. The molecule has 0 fully saturated rings. The highest BCUT2D eigenvalue weighted by molar-refractivity contribution is 5.84. The lowest BCUT2D eigenvalue weighted by Gasteiger charge is -2.21. The zero-order valence-corrected chi connectivity index (χ0v) is 13.5. The van der Waals surface area contributed by atoms with Crippen LogP contribution in [0.3, 0.4) is 0 Å². The molecular formula is C17H24N2O2. The maximum atomic E-state index is 12.2. The molecule has 1 heterocycles. The van der Waals surface area contributed by atoms with Gasteiger partial charge in [0.1, 0.15) is 12.3 Å². The number of nitrogens with zero attached hydrogens (tertiary/aromatic N) is 2. The van der Waals surface area contributed by atoms with Crippen molar-refractivity contribution in [3.8, 4) is 5.75 Å². The van der Waals surface area contributed by atoms with Crippen LogP contribution < -0.4 is 4.74 Å². The zero-order valence-electron chi connectivity index (χ0n) is 13.5. The van der Waals surface area contributed by atoms with Gasteiger partial charge in [0, 0.05) is 30.2 Å². The minimum Gasteiger partial charge on any atom is -0.491 e. The molecular weight excluding hydrogens is 264 g/mol. The average molecular weight is 288 g/mol. The van der Waals surface area contributed by atoms with Crippen molar-refractivity contribution < 1.29 is 9.53 Å². The monoisotopic (exact) mass is 288 g/mol. The van der Waals surface area contributed by atoms with E-state index >= 15 is 0 Å². The van der Waals surface area contributed by atoms with E-state index in [4.69, 9.17) is 4.74 Å². The number of aromatic nitrogens is 1. The number of hydrogen-bond acceptors (Lipinski definition) is 2. The number of carbonyl (C=O) groups is 1. The Balaban J connectivity index is 2.21. The molecule has 1 aromatic heterocycles. The van der Waals surface area contributed by atoms with Crippen LogP contribution in [0, 0.1) is 0 Å². The Bertz CT molecular complexity index is 629. The van der Waals surface area contributed by atoms with Gasteiger partial charge >= 0.3 is 0 Å². The Labute approximate surface area is 126 Å². The van der Waals surface area contributed by atoms with Crippen LogP contribution in [-0.4, -0.2) is 34.6 Å². The summed E-state index contributed by atoms with van der Waals surface area (Å²) in [5.41, 5.74) is 1.05. The van der Waals surface area contributed by atoms with Gasteiger partial charge in [0.25, 0.3) is 0 Å². The van der Waals surface area contributed by atoms with Crippen molar-refractivity contribution in [2.45, 2.75) is 46.4 Å². The van der Waals surface area contributed by atoms with Gasteiger partial charge in [-0.15, -0.1) is 0 Å². The second-order valence-electron chi connectivity index (χ2n) is 5.93. The van der Waals surface area contributed by atoms with Gasteiger partial charge in [-0.3, -0.25) is 4.79 Å². The fourth-order valence-corrected chi connectivity index (χ4v) is 2.21. The third-order valence-electron chi connectivity index (χ3n) is 3.59. The van der Waals surface area contributed by atoms with Gasteiger partial charge in [-0.2, -0.15) is 0 Å². The summed E-state index contributed by atoms with van der Waals surface area (Å²) in [4.78, 5) is 14.0. The molecule has 0 bridgehead atoms. The Morgan fingerprint density at radius 3 is 2.57 bits per heavy atom. The Morgan fingerprint density at radius 2 is 1.95 bits per heavy atom. The van der Waals surface area contributed by atoms with Crippen LogP contribution in [0.4, 0.5) is 0 Å². The van der Waals surface area contributed by atoms with E-state index in [0.717, 1.165) is 16.7 Å². The second-order valence-corrected chi connectivity index (χ2v) is 5.93.